The van der Waals surface area contributed by atoms with Crippen molar-refractivity contribution in [2.45, 2.75) is 5.92 Å². The van der Waals surface area contributed by atoms with Crippen molar-refractivity contribution in [1.82, 2.24) is 4.57 Å². The third-order valence-electron chi connectivity index (χ3n) is 11.9. The maximum absolute atomic E-state index is 6.53. The SMILES string of the molecule is c1ccc(C2c3ccccc3-c3ccc(-c4ccc5c6ccccc6n(-c6ccc(-c7cccc8c7oc7ccccc78)c7ccccc67)c5c4)cc32)cc1. The number of furan rings is 1. The fourth-order valence-corrected chi connectivity index (χ4v) is 9.47. The molecule has 2 aromatic heterocycles. The highest BCUT2D eigenvalue weighted by Gasteiger charge is 2.30. The fourth-order valence-electron chi connectivity index (χ4n) is 9.47. The molecule has 0 bridgehead atoms. The van der Waals surface area contributed by atoms with E-state index >= 15 is 0 Å². The largest absolute Gasteiger partial charge is 0.455 e. The van der Waals surface area contributed by atoms with E-state index in [2.05, 4.69) is 193 Å². The quantitative estimate of drug-likeness (QED) is 0.179. The van der Waals surface area contributed by atoms with Gasteiger partial charge >= 0.3 is 0 Å². The molecule has 0 radical (unpaired) electrons. The number of nitrogens with zero attached hydrogens (tertiary/aromatic N) is 1. The van der Waals surface area contributed by atoms with Gasteiger partial charge in [-0.3, -0.25) is 0 Å². The first-order valence-corrected chi connectivity index (χ1v) is 19.0. The van der Waals surface area contributed by atoms with Gasteiger partial charge in [-0.15, -0.1) is 0 Å². The van der Waals surface area contributed by atoms with E-state index in [4.69, 9.17) is 4.42 Å². The summed E-state index contributed by atoms with van der Waals surface area (Å²) in [6.07, 6.45) is 0. The molecule has 1 unspecified atom stereocenters. The van der Waals surface area contributed by atoms with E-state index in [0.29, 0.717) is 0 Å². The molecule has 0 amide bonds. The Labute approximate surface area is 318 Å². The summed E-state index contributed by atoms with van der Waals surface area (Å²) in [7, 11) is 0. The van der Waals surface area contributed by atoms with E-state index in [1.165, 1.54) is 71.5 Å². The van der Waals surface area contributed by atoms with Gasteiger partial charge in [-0.1, -0.05) is 164 Å². The molecule has 2 heterocycles. The third kappa shape index (κ3) is 4.43. The van der Waals surface area contributed by atoms with Gasteiger partial charge in [0.1, 0.15) is 11.2 Å². The lowest BCUT2D eigenvalue weighted by molar-refractivity contribution is 0.670. The molecule has 256 valence electrons. The van der Waals surface area contributed by atoms with Gasteiger partial charge in [0.25, 0.3) is 0 Å². The molecule has 0 saturated carbocycles. The van der Waals surface area contributed by atoms with Crippen molar-refractivity contribution in [1.29, 1.82) is 0 Å². The van der Waals surface area contributed by atoms with Gasteiger partial charge in [-0.05, 0) is 80.2 Å². The van der Waals surface area contributed by atoms with Crippen LogP contribution >= 0.6 is 0 Å². The first kappa shape index (κ1) is 30.3. The van der Waals surface area contributed by atoms with Crippen molar-refractivity contribution < 1.29 is 4.42 Å². The number of aromatic nitrogens is 1. The van der Waals surface area contributed by atoms with Crippen molar-refractivity contribution in [3.8, 4) is 39.1 Å². The number of rotatable bonds is 4. The second-order valence-corrected chi connectivity index (χ2v) is 14.8. The average molecular weight is 700 g/mol. The molecular formula is C53H33NO. The first-order chi connectivity index (χ1) is 27.3. The van der Waals surface area contributed by atoms with Gasteiger partial charge in [0.05, 0.1) is 16.7 Å². The molecule has 2 heteroatoms. The van der Waals surface area contributed by atoms with E-state index in [1.807, 2.05) is 6.07 Å². The van der Waals surface area contributed by atoms with Crippen LogP contribution in [0.4, 0.5) is 0 Å². The topological polar surface area (TPSA) is 18.1 Å². The van der Waals surface area contributed by atoms with E-state index in [-0.39, 0.29) is 5.92 Å². The van der Waals surface area contributed by atoms with Crippen LogP contribution < -0.4 is 0 Å². The van der Waals surface area contributed by atoms with Crippen LogP contribution in [0.25, 0.3) is 93.6 Å². The molecule has 0 spiro atoms. The lowest BCUT2D eigenvalue weighted by Crippen LogP contribution is -1.99. The smallest absolute Gasteiger partial charge is 0.143 e. The molecule has 55 heavy (non-hydrogen) atoms. The van der Waals surface area contributed by atoms with Crippen molar-refractivity contribution >= 4 is 54.5 Å². The predicted octanol–water partition coefficient (Wildman–Crippen LogP) is 14.3. The Morgan fingerprint density at radius 3 is 1.91 bits per heavy atom. The van der Waals surface area contributed by atoms with Gasteiger partial charge in [0.2, 0.25) is 0 Å². The zero-order valence-corrected chi connectivity index (χ0v) is 29.9. The van der Waals surface area contributed by atoms with E-state index in [1.54, 1.807) is 0 Å². The number of fused-ring (bicyclic) bond motifs is 10. The summed E-state index contributed by atoms with van der Waals surface area (Å²) in [6.45, 7) is 0. The summed E-state index contributed by atoms with van der Waals surface area (Å²) in [5, 5.41) is 7.17. The predicted molar refractivity (Wildman–Crippen MR) is 229 cm³/mol. The van der Waals surface area contributed by atoms with Crippen LogP contribution in [0.2, 0.25) is 0 Å². The van der Waals surface area contributed by atoms with Crippen LogP contribution in [-0.4, -0.2) is 4.57 Å². The molecule has 0 aliphatic heterocycles. The van der Waals surface area contributed by atoms with Crippen molar-refractivity contribution in [2.75, 3.05) is 0 Å². The molecule has 0 fully saturated rings. The maximum atomic E-state index is 6.53. The van der Waals surface area contributed by atoms with Gasteiger partial charge in [0.15, 0.2) is 0 Å². The molecule has 1 atom stereocenters. The van der Waals surface area contributed by atoms with Crippen molar-refractivity contribution in [3.05, 3.63) is 211 Å². The molecule has 1 aliphatic rings. The Morgan fingerprint density at radius 1 is 0.364 bits per heavy atom. The minimum Gasteiger partial charge on any atom is -0.455 e. The number of hydrogen-bond donors (Lipinski definition) is 0. The normalized spacial score (nSPS) is 13.6. The van der Waals surface area contributed by atoms with E-state index in [9.17, 15) is 0 Å². The van der Waals surface area contributed by atoms with Crippen LogP contribution in [0.5, 0.6) is 0 Å². The average Bonchev–Trinajstić information content (AvgIpc) is 3.91. The van der Waals surface area contributed by atoms with Crippen LogP contribution in [0.1, 0.15) is 22.6 Å². The molecule has 11 aromatic rings. The Bertz CT molecular complexity index is 3330. The van der Waals surface area contributed by atoms with Crippen LogP contribution in [0.3, 0.4) is 0 Å². The van der Waals surface area contributed by atoms with E-state index in [0.717, 1.165) is 38.8 Å². The minimum absolute atomic E-state index is 0.206. The fraction of sp³-hybridized carbons (Fsp3) is 0.0189. The molecule has 12 rings (SSSR count). The van der Waals surface area contributed by atoms with Gasteiger partial charge in [-0.25, -0.2) is 0 Å². The van der Waals surface area contributed by atoms with E-state index < -0.39 is 0 Å². The first-order valence-electron chi connectivity index (χ1n) is 19.0. The summed E-state index contributed by atoms with van der Waals surface area (Å²) in [4.78, 5) is 0. The van der Waals surface area contributed by atoms with Crippen molar-refractivity contribution in [2.24, 2.45) is 0 Å². The molecular weight excluding hydrogens is 667 g/mol. The summed E-state index contributed by atoms with van der Waals surface area (Å²) in [6, 6.07) is 71.0. The molecule has 0 saturated heterocycles. The lowest BCUT2D eigenvalue weighted by atomic mass is 9.88. The maximum Gasteiger partial charge on any atom is 0.143 e. The van der Waals surface area contributed by atoms with Gasteiger partial charge in [0, 0.05) is 38.4 Å². The monoisotopic (exact) mass is 699 g/mol. The Morgan fingerprint density at radius 2 is 1.00 bits per heavy atom. The van der Waals surface area contributed by atoms with Crippen LogP contribution in [0, 0.1) is 0 Å². The zero-order chi connectivity index (χ0) is 36.0. The summed E-state index contributed by atoms with van der Waals surface area (Å²) < 4.78 is 9.00. The summed E-state index contributed by atoms with van der Waals surface area (Å²) in [5.41, 5.74) is 16.8. The third-order valence-corrected chi connectivity index (χ3v) is 11.9. The Kier molecular flexibility index (Phi) is 6.43. The molecule has 2 nitrogen and oxygen atoms in total. The highest BCUT2D eigenvalue weighted by Crippen LogP contribution is 2.49. The number of para-hydroxylation sites is 3. The van der Waals surface area contributed by atoms with Crippen molar-refractivity contribution in [3.63, 3.8) is 0 Å². The zero-order valence-electron chi connectivity index (χ0n) is 29.9. The molecule has 1 aliphatic carbocycles. The lowest BCUT2D eigenvalue weighted by Gasteiger charge is -2.16. The minimum atomic E-state index is 0.206. The van der Waals surface area contributed by atoms with Crippen LogP contribution in [0.15, 0.2) is 199 Å². The second-order valence-electron chi connectivity index (χ2n) is 14.8. The molecule has 0 N–H and O–H groups in total. The summed E-state index contributed by atoms with van der Waals surface area (Å²) >= 11 is 0. The Hall–Kier alpha value is -7.16. The summed E-state index contributed by atoms with van der Waals surface area (Å²) in [5.74, 6) is 0.206. The highest BCUT2D eigenvalue weighted by atomic mass is 16.3. The van der Waals surface area contributed by atoms with Crippen LogP contribution in [-0.2, 0) is 0 Å². The number of hydrogen-bond acceptors (Lipinski definition) is 1. The molecule has 9 aromatic carbocycles. The highest BCUT2D eigenvalue weighted by molar-refractivity contribution is 6.15. The standard InChI is InChI=1S/C53H33NO/c1-2-13-33(14-3-1)52-44-20-7-5-16-37(44)39-27-25-34(31-47(39)52)35-26-28-42-41-18-8-10-23-48(41)54(50(42)32-35)49-30-29-38(36-15-4-6-17-40(36)49)45-21-12-22-46-43-19-9-11-24-51(43)55-53(45)46/h1-32,52H. The second kappa shape index (κ2) is 11.7. The number of benzene rings is 9. The van der Waals surface area contributed by atoms with Gasteiger partial charge in [-0.2, -0.15) is 0 Å². The van der Waals surface area contributed by atoms with Gasteiger partial charge < -0.3 is 8.98 Å². The Balaban J connectivity index is 1.06.